The van der Waals surface area contributed by atoms with Crippen molar-refractivity contribution < 1.29 is 9.90 Å². The highest BCUT2D eigenvalue weighted by Crippen LogP contribution is 2.20. The molecule has 0 amide bonds. The molecule has 5 nitrogen and oxygen atoms in total. The average molecular weight is 279 g/mol. The van der Waals surface area contributed by atoms with Gasteiger partial charge in [0.2, 0.25) is 0 Å². The summed E-state index contributed by atoms with van der Waals surface area (Å²) in [5, 5.41) is 17.1. The first-order valence-corrected chi connectivity index (χ1v) is 7.45. The van der Waals surface area contributed by atoms with Crippen LogP contribution in [0.15, 0.2) is 18.2 Å². The molecule has 19 heavy (non-hydrogen) atoms. The van der Waals surface area contributed by atoms with Crippen LogP contribution in [0.1, 0.15) is 36.7 Å². The molecular weight excluding hydrogens is 262 g/mol. The van der Waals surface area contributed by atoms with Gasteiger partial charge in [-0.2, -0.15) is 11.8 Å². The molecule has 1 heterocycles. The quantitative estimate of drug-likeness (QED) is 0.823. The van der Waals surface area contributed by atoms with E-state index in [1.54, 1.807) is 18.2 Å². The minimum Gasteiger partial charge on any atom is -0.478 e. The van der Waals surface area contributed by atoms with Gasteiger partial charge in [-0.25, -0.2) is 9.48 Å². The summed E-state index contributed by atoms with van der Waals surface area (Å²) in [4.78, 5) is 10.9. The fourth-order valence-electron chi connectivity index (χ4n) is 1.92. The van der Waals surface area contributed by atoms with Crippen molar-refractivity contribution in [2.75, 3.05) is 11.5 Å². The van der Waals surface area contributed by atoms with E-state index in [9.17, 15) is 4.79 Å². The summed E-state index contributed by atoms with van der Waals surface area (Å²) in [6.07, 6.45) is 1.03. The maximum absolute atomic E-state index is 10.9. The van der Waals surface area contributed by atoms with Gasteiger partial charge in [0.05, 0.1) is 17.1 Å². The largest absolute Gasteiger partial charge is 0.478 e. The number of carboxylic acids is 1. The number of rotatable bonds is 6. The summed E-state index contributed by atoms with van der Waals surface area (Å²) in [5.41, 5.74) is 1.77. The molecule has 0 radical (unpaired) electrons. The van der Waals surface area contributed by atoms with Crippen molar-refractivity contribution in [3.05, 3.63) is 23.8 Å². The first-order chi connectivity index (χ1) is 9.13. The third kappa shape index (κ3) is 3.07. The normalized spacial score (nSPS) is 12.7. The van der Waals surface area contributed by atoms with E-state index in [1.807, 2.05) is 16.4 Å². The molecule has 0 fully saturated rings. The smallest absolute Gasteiger partial charge is 0.335 e. The predicted octanol–water partition coefficient (Wildman–Crippen LogP) is 2.83. The van der Waals surface area contributed by atoms with Gasteiger partial charge >= 0.3 is 5.97 Å². The second kappa shape index (κ2) is 6.06. The monoisotopic (exact) mass is 279 g/mol. The predicted molar refractivity (Wildman–Crippen MR) is 76.8 cm³/mol. The van der Waals surface area contributed by atoms with E-state index in [0.717, 1.165) is 23.4 Å². The number of hydrogen-bond acceptors (Lipinski definition) is 4. The lowest BCUT2D eigenvalue weighted by molar-refractivity contribution is 0.0697. The summed E-state index contributed by atoms with van der Waals surface area (Å²) in [5.74, 6) is 1.27. The molecule has 2 rings (SSSR count). The van der Waals surface area contributed by atoms with Gasteiger partial charge in [-0.1, -0.05) is 12.1 Å². The summed E-state index contributed by atoms with van der Waals surface area (Å²) in [7, 11) is 0. The maximum Gasteiger partial charge on any atom is 0.335 e. The van der Waals surface area contributed by atoms with Crippen LogP contribution < -0.4 is 0 Å². The Morgan fingerprint density at radius 1 is 1.53 bits per heavy atom. The summed E-state index contributed by atoms with van der Waals surface area (Å²) in [6, 6.07) is 5.20. The van der Waals surface area contributed by atoms with E-state index in [0.29, 0.717) is 5.52 Å². The number of aromatic nitrogens is 3. The number of fused-ring (bicyclic) bond motifs is 1. The molecule has 1 N–H and O–H groups in total. The van der Waals surface area contributed by atoms with Crippen molar-refractivity contribution in [3.8, 4) is 0 Å². The summed E-state index contributed by atoms with van der Waals surface area (Å²) >= 11 is 1.91. The molecule has 6 heteroatoms. The Bertz CT molecular complexity index is 582. The number of hydrogen-bond donors (Lipinski definition) is 1. The van der Waals surface area contributed by atoms with Crippen molar-refractivity contribution >= 4 is 28.8 Å². The third-order valence-electron chi connectivity index (χ3n) is 3.02. The molecule has 0 spiro atoms. The van der Waals surface area contributed by atoms with E-state index in [4.69, 9.17) is 5.11 Å². The van der Waals surface area contributed by atoms with Crippen molar-refractivity contribution in [3.63, 3.8) is 0 Å². The van der Waals surface area contributed by atoms with Crippen molar-refractivity contribution in [1.82, 2.24) is 15.0 Å². The van der Waals surface area contributed by atoms with Crippen LogP contribution in [0.25, 0.3) is 11.0 Å². The van der Waals surface area contributed by atoms with Crippen LogP contribution >= 0.6 is 11.8 Å². The summed E-state index contributed by atoms with van der Waals surface area (Å²) in [6.45, 7) is 4.25. The third-order valence-corrected chi connectivity index (χ3v) is 3.95. The fourth-order valence-corrected chi connectivity index (χ4v) is 2.72. The molecular formula is C13H17N3O2S. The molecule has 0 aliphatic carbocycles. The molecule has 0 saturated heterocycles. The molecule has 1 aromatic heterocycles. The first-order valence-electron chi connectivity index (χ1n) is 6.29. The standard InChI is InChI=1S/C13H17N3O2S/c1-3-19-7-6-9(2)16-12-5-4-10(13(17)18)8-11(12)14-15-16/h4-5,8-9H,3,6-7H2,1-2H3,(H,17,18). The first kappa shape index (κ1) is 13.9. The Morgan fingerprint density at radius 3 is 3.00 bits per heavy atom. The van der Waals surface area contributed by atoms with Crippen molar-refractivity contribution in [2.24, 2.45) is 0 Å². The van der Waals surface area contributed by atoms with Crippen LogP contribution in [0.2, 0.25) is 0 Å². The van der Waals surface area contributed by atoms with Crippen molar-refractivity contribution in [2.45, 2.75) is 26.3 Å². The Labute approximate surface area is 116 Å². The highest BCUT2D eigenvalue weighted by molar-refractivity contribution is 7.99. The van der Waals surface area contributed by atoms with Gasteiger partial charge in [-0.15, -0.1) is 5.10 Å². The van der Waals surface area contributed by atoms with E-state index >= 15 is 0 Å². The van der Waals surface area contributed by atoms with E-state index < -0.39 is 5.97 Å². The lowest BCUT2D eigenvalue weighted by Gasteiger charge is -2.11. The zero-order valence-electron chi connectivity index (χ0n) is 11.0. The number of thioether (sulfide) groups is 1. The van der Waals surface area contributed by atoms with Crippen LogP contribution in [0.4, 0.5) is 0 Å². The van der Waals surface area contributed by atoms with Gasteiger partial charge in [0, 0.05) is 0 Å². The zero-order chi connectivity index (χ0) is 13.8. The molecule has 2 aromatic rings. The Morgan fingerprint density at radius 2 is 2.32 bits per heavy atom. The molecule has 0 aliphatic heterocycles. The number of carbonyl (C=O) groups is 1. The Kier molecular flexibility index (Phi) is 4.42. The molecule has 102 valence electrons. The van der Waals surface area contributed by atoms with E-state index in [1.165, 1.54) is 0 Å². The van der Waals surface area contributed by atoms with Crippen molar-refractivity contribution in [1.29, 1.82) is 0 Å². The van der Waals surface area contributed by atoms with Crippen LogP contribution in [0.3, 0.4) is 0 Å². The van der Waals surface area contributed by atoms with Gasteiger partial charge in [0.1, 0.15) is 5.52 Å². The molecule has 1 aromatic carbocycles. The molecule has 0 bridgehead atoms. The lowest BCUT2D eigenvalue weighted by Crippen LogP contribution is -2.08. The zero-order valence-corrected chi connectivity index (χ0v) is 11.9. The number of aromatic carboxylic acids is 1. The lowest BCUT2D eigenvalue weighted by atomic mass is 10.2. The fraction of sp³-hybridized carbons (Fsp3) is 0.462. The minimum atomic E-state index is -0.941. The van der Waals surface area contributed by atoms with Gasteiger partial charge in [-0.3, -0.25) is 0 Å². The highest BCUT2D eigenvalue weighted by Gasteiger charge is 2.13. The molecule has 1 unspecified atom stereocenters. The van der Waals surface area contributed by atoms with Crippen LogP contribution in [-0.2, 0) is 0 Å². The number of benzene rings is 1. The second-order valence-corrected chi connectivity index (χ2v) is 5.77. The topological polar surface area (TPSA) is 68.0 Å². The Hall–Kier alpha value is -1.56. The van der Waals surface area contributed by atoms with Gasteiger partial charge in [0.25, 0.3) is 0 Å². The average Bonchev–Trinajstić information content (AvgIpc) is 2.81. The van der Waals surface area contributed by atoms with Crippen LogP contribution in [0.5, 0.6) is 0 Å². The van der Waals surface area contributed by atoms with Gasteiger partial charge in [0.15, 0.2) is 0 Å². The van der Waals surface area contributed by atoms with E-state index in [-0.39, 0.29) is 11.6 Å². The van der Waals surface area contributed by atoms with Gasteiger partial charge in [-0.05, 0) is 43.0 Å². The van der Waals surface area contributed by atoms with E-state index in [2.05, 4.69) is 24.2 Å². The SMILES string of the molecule is CCSCCC(C)n1nnc2cc(C(=O)O)ccc21. The van der Waals surface area contributed by atoms with Crippen LogP contribution in [0, 0.1) is 0 Å². The minimum absolute atomic E-state index is 0.244. The molecule has 0 aliphatic rings. The second-order valence-electron chi connectivity index (χ2n) is 4.38. The van der Waals surface area contributed by atoms with Crippen LogP contribution in [-0.4, -0.2) is 37.6 Å². The highest BCUT2D eigenvalue weighted by atomic mass is 32.2. The summed E-state index contributed by atoms with van der Waals surface area (Å²) < 4.78 is 1.87. The number of carboxylic acid groups (broad SMARTS) is 1. The molecule has 1 atom stereocenters. The number of nitrogens with zero attached hydrogens (tertiary/aromatic N) is 3. The van der Waals surface area contributed by atoms with Gasteiger partial charge < -0.3 is 5.11 Å². The molecule has 0 saturated carbocycles. The maximum atomic E-state index is 10.9. The Balaban J connectivity index is 2.22.